The molecule has 2 nitrogen and oxygen atoms in total. The average molecular weight is 347 g/mol. The van der Waals surface area contributed by atoms with Gasteiger partial charge >= 0.3 is 0 Å². The van der Waals surface area contributed by atoms with Crippen molar-refractivity contribution in [3.63, 3.8) is 0 Å². The number of nitrogens with one attached hydrogen (secondary N) is 2. The molecule has 5 rings (SSSR count). The second-order valence-electron chi connectivity index (χ2n) is 8.48. The highest BCUT2D eigenvalue weighted by Crippen LogP contribution is 2.48. The Bertz CT molecular complexity index is 650. The van der Waals surface area contributed by atoms with E-state index in [4.69, 9.17) is 0 Å². The van der Waals surface area contributed by atoms with E-state index in [1.165, 1.54) is 25.7 Å². The van der Waals surface area contributed by atoms with Gasteiger partial charge in [0.2, 0.25) is 0 Å². The second kappa shape index (κ2) is 7.17. The highest BCUT2D eigenvalue weighted by Gasteiger charge is 2.47. The number of fused-ring (bicyclic) bond motifs is 3. The first kappa shape index (κ1) is 16.5. The third-order valence-electron chi connectivity index (χ3n) is 7.30. The van der Waals surface area contributed by atoms with Gasteiger partial charge < -0.3 is 10.6 Å². The van der Waals surface area contributed by atoms with Gasteiger partial charge in [0.15, 0.2) is 0 Å². The smallest absolute Gasteiger partial charge is 0.0258 e. The van der Waals surface area contributed by atoms with E-state index < -0.39 is 0 Å². The van der Waals surface area contributed by atoms with Crippen LogP contribution in [0.5, 0.6) is 0 Å². The van der Waals surface area contributed by atoms with E-state index in [1.54, 1.807) is 11.1 Å². The number of rotatable bonds is 2. The van der Waals surface area contributed by atoms with Crippen molar-refractivity contribution in [2.75, 3.05) is 13.1 Å². The Morgan fingerprint density at radius 2 is 0.962 bits per heavy atom. The molecule has 26 heavy (non-hydrogen) atoms. The normalized spacial score (nSPS) is 36.8. The van der Waals surface area contributed by atoms with Crippen LogP contribution in [0.3, 0.4) is 0 Å². The molecule has 0 spiro atoms. The quantitative estimate of drug-likeness (QED) is 0.847. The molecule has 1 saturated carbocycles. The van der Waals surface area contributed by atoms with Gasteiger partial charge in [-0.15, -0.1) is 0 Å². The minimum Gasteiger partial charge on any atom is -0.312 e. The first-order valence-corrected chi connectivity index (χ1v) is 10.5. The summed E-state index contributed by atoms with van der Waals surface area (Å²) in [4.78, 5) is 0. The molecule has 2 saturated heterocycles. The van der Waals surface area contributed by atoms with E-state index in [-0.39, 0.29) is 0 Å². The van der Waals surface area contributed by atoms with Gasteiger partial charge in [0, 0.05) is 12.1 Å². The van der Waals surface area contributed by atoms with Crippen LogP contribution >= 0.6 is 0 Å². The van der Waals surface area contributed by atoms with Gasteiger partial charge in [-0.1, -0.05) is 60.7 Å². The SMILES string of the molecule is c1ccc(C2CCNC3C2CCC2C(c4ccccc4)CCNC23)cc1. The van der Waals surface area contributed by atoms with Crippen LogP contribution in [0.25, 0.3) is 0 Å². The number of piperidine rings is 2. The molecule has 3 fully saturated rings. The topological polar surface area (TPSA) is 24.1 Å². The zero-order valence-corrected chi connectivity index (χ0v) is 15.5. The molecule has 2 heteroatoms. The molecule has 2 heterocycles. The van der Waals surface area contributed by atoms with E-state index in [2.05, 4.69) is 71.3 Å². The van der Waals surface area contributed by atoms with E-state index in [9.17, 15) is 0 Å². The zero-order chi connectivity index (χ0) is 17.3. The van der Waals surface area contributed by atoms with Crippen LogP contribution in [0.4, 0.5) is 0 Å². The molecule has 6 atom stereocenters. The fourth-order valence-corrected chi connectivity index (χ4v) is 6.20. The summed E-state index contributed by atoms with van der Waals surface area (Å²) in [6.45, 7) is 2.31. The van der Waals surface area contributed by atoms with E-state index in [0.29, 0.717) is 12.1 Å². The van der Waals surface area contributed by atoms with Crippen LogP contribution in [-0.2, 0) is 0 Å². The molecule has 3 aliphatic rings. The maximum absolute atomic E-state index is 3.93. The Morgan fingerprint density at radius 3 is 1.38 bits per heavy atom. The summed E-state index contributed by atoms with van der Waals surface area (Å²) in [6, 6.07) is 23.8. The summed E-state index contributed by atoms with van der Waals surface area (Å²) in [5.74, 6) is 2.99. The fourth-order valence-electron chi connectivity index (χ4n) is 6.20. The first-order valence-electron chi connectivity index (χ1n) is 10.5. The van der Waals surface area contributed by atoms with Crippen LogP contribution in [0.15, 0.2) is 60.7 Å². The minimum absolute atomic E-state index is 0.624. The standard InChI is InChI=1S/C24H30N2/c1-3-7-17(8-4-1)19-13-15-25-23-21(19)11-12-22-20(14-16-26-24(22)23)18-9-5-2-6-10-18/h1-10,19-26H,11-16H2. The highest BCUT2D eigenvalue weighted by atomic mass is 15.1. The van der Waals surface area contributed by atoms with Crippen molar-refractivity contribution in [2.45, 2.75) is 49.6 Å². The summed E-state index contributed by atoms with van der Waals surface area (Å²) in [7, 11) is 0. The Morgan fingerprint density at radius 1 is 0.538 bits per heavy atom. The van der Waals surface area contributed by atoms with Gasteiger partial charge in [-0.3, -0.25) is 0 Å². The third kappa shape index (κ3) is 2.90. The molecule has 2 aromatic rings. The molecule has 2 aromatic carbocycles. The molecule has 0 bridgehead atoms. The summed E-state index contributed by atoms with van der Waals surface area (Å²) >= 11 is 0. The summed E-state index contributed by atoms with van der Waals surface area (Å²) in [5.41, 5.74) is 3.11. The van der Waals surface area contributed by atoms with Gasteiger partial charge in [0.1, 0.15) is 0 Å². The Hall–Kier alpha value is -1.64. The molecule has 0 aromatic heterocycles. The van der Waals surface area contributed by atoms with Crippen molar-refractivity contribution >= 4 is 0 Å². The molecule has 0 radical (unpaired) electrons. The van der Waals surface area contributed by atoms with Gasteiger partial charge in [0.25, 0.3) is 0 Å². The zero-order valence-electron chi connectivity index (χ0n) is 15.5. The van der Waals surface area contributed by atoms with Crippen molar-refractivity contribution in [3.05, 3.63) is 71.8 Å². The van der Waals surface area contributed by atoms with Crippen LogP contribution < -0.4 is 10.6 Å². The maximum atomic E-state index is 3.93. The predicted octanol–water partition coefficient (Wildman–Crippen LogP) is 4.30. The fraction of sp³-hybridized carbons (Fsp3) is 0.500. The Balaban J connectivity index is 1.41. The lowest BCUT2D eigenvalue weighted by Gasteiger charge is -2.53. The third-order valence-corrected chi connectivity index (χ3v) is 7.30. The molecular weight excluding hydrogens is 316 g/mol. The van der Waals surface area contributed by atoms with Crippen LogP contribution in [-0.4, -0.2) is 25.2 Å². The van der Waals surface area contributed by atoms with E-state index >= 15 is 0 Å². The molecule has 1 aliphatic carbocycles. The summed E-state index contributed by atoms with van der Waals surface area (Å²) < 4.78 is 0. The number of benzene rings is 2. The van der Waals surface area contributed by atoms with Gasteiger partial charge in [0.05, 0.1) is 0 Å². The van der Waals surface area contributed by atoms with E-state index in [1.807, 2.05) is 0 Å². The van der Waals surface area contributed by atoms with Crippen LogP contribution in [0.1, 0.15) is 48.6 Å². The van der Waals surface area contributed by atoms with Crippen molar-refractivity contribution in [2.24, 2.45) is 11.8 Å². The largest absolute Gasteiger partial charge is 0.312 e. The van der Waals surface area contributed by atoms with E-state index in [0.717, 1.165) is 36.8 Å². The first-order chi connectivity index (χ1) is 12.9. The molecule has 0 amide bonds. The van der Waals surface area contributed by atoms with Crippen LogP contribution in [0.2, 0.25) is 0 Å². The van der Waals surface area contributed by atoms with Crippen molar-refractivity contribution in [1.29, 1.82) is 0 Å². The van der Waals surface area contributed by atoms with Gasteiger partial charge in [-0.2, -0.15) is 0 Å². The summed E-state index contributed by atoms with van der Waals surface area (Å²) in [5, 5.41) is 7.86. The van der Waals surface area contributed by atoms with Crippen LogP contribution in [0, 0.1) is 11.8 Å². The van der Waals surface area contributed by atoms with Gasteiger partial charge in [-0.25, -0.2) is 0 Å². The summed E-state index contributed by atoms with van der Waals surface area (Å²) in [6.07, 6.45) is 5.29. The second-order valence-corrected chi connectivity index (χ2v) is 8.48. The van der Waals surface area contributed by atoms with Gasteiger partial charge in [-0.05, 0) is 73.6 Å². The monoisotopic (exact) mass is 346 g/mol. The lowest BCUT2D eigenvalue weighted by molar-refractivity contribution is 0.0689. The molecule has 6 unspecified atom stereocenters. The average Bonchev–Trinajstić information content (AvgIpc) is 2.74. The molecule has 2 N–H and O–H groups in total. The lowest BCUT2D eigenvalue weighted by atomic mass is 9.61. The molecule has 2 aliphatic heterocycles. The number of hydrogen-bond acceptors (Lipinski definition) is 2. The predicted molar refractivity (Wildman–Crippen MR) is 107 cm³/mol. The Kier molecular flexibility index (Phi) is 4.56. The van der Waals surface area contributed by atoms with Crippen molar-refractivity contribution < 1.29 is 0 Å². The lowest BCUT2D eigenvalue weighted by Crippen LogP contribution is -2.64. The van der Waals surface area contributed by atoms with Crippen molar-refractivity contribution in [1.82, 2.24) is 10.6 Å². The highest BCUT2D eigenvalue weighted by molar-refractivity contribution is 5.26. The number of hydrogen-bond donors (Lipinski definition) is 2. The maximum Gasteiger partial charge on any atom is 0.0258 e. The molecular formula is C24H30N2. The Labute approximate surface area is 157 Å². The molecule has 136 valence electrons. The van der Waals surface area contributed by atoms with Crippen molar-refractivity contribution in [3.8, 4) is 0 Å². The minimum atomic E-state index is 0.624.